The van der Waals surface area contributed by atoms with Crippen molar-refractivity contribution in [2.45, 2.75) is 17.4 Å². The molecule has 0 aliphatic rings. The Morgan fingerprint density at radius 3 is 2.42 bits per heavy atom. The molecule has 7 nitrogen and oxygen atoms in total. The molecule has 1 unspecified atom stereocenters. The van der Waals surface area contributed by atoms with Gasteiger partial charge in [-0.05, 0) is 18.2 Å². The van der Waals surface area contributed by atoms with Crippen LogP contribution < -0.4 is 4.72 Å². The van der Waals surface area contributed by atoms with Gasteiger partial charge in [0.1, 0.15) is 6.04 Å². The summed E-state index contributed by atoms with van der Waals surface area (Å²) < 4.78 is 26.1. The van der Waals surface area contributed by atoms with Crippen LogP contribution in [0.4, 0.5) is 0 Å². The molecule has 1 atom stereocenters. The third-order valence-corrected chi connectivity index (χ3v) is 4.04. The van der Waals surface area contributed by atoms with Gasteiger partial charge in [-0.15, -0.1) is 0 Å². The van der Waals surface area contributed by atoms with Gasteiger partial charge < -0.3 is 10.2 Å². The lowest BCUT2D eigenvalue weighted by Gasteiger charge is -2.13. The monoisotopic (exact) mass is 351 g/mol. The summed E-state index contributed by atoms with van der Waals surface area (Å²) in [5, 5.41) is 17.3. The molecular formula is C10H10BrNO6S. The number of aliphatic carboxylic acids is 2. The van der Waals surface area contributed by atoms with Crippen molar-refractivity contribution >= 4 is 37.9 Å². The maximum Gasteiger partial charge on any atom is 0.322 e. The molecule has 19 heavy (non-hydrogen) atoms. The Hall–Kier alpha value is -1.45. The highest BCUT2D eigenvalue weighted by atomic mass is 79.9. The van der Waals surface area contributed by atoms with Crippen molar-refractivity contribution in [3.05, 3.63) is 28.7 Å². The van der Waals surface area contributed by atoms with E-state index in [4.69, 9.17) is 10.2 Å². The van der Waals surface area contributed by atoms with Crippen molar-refractivity contribution in [2.24, 2.45) is 0 Å². The lowest BCUT2D eigenvalue weighted by Crippen LogP contribution is -2.42. The topological polar surface area (TPSA) is 121 Å². The molecule has 0 saturated heterocycles. The lowest BCUT2D eigenvalue weighted by atomic mass is 10.2. The largest absolute Gasteiger partial charge is 0.481 e. The van der Waals surface area contributed by atoms with Gasteiger partial charge in [-0.1, -0.05) is 22.0 Å². The van der Waals surface area contributed by atoms with Crippen LogP contribution in [-0.2, 0) is 19.6 Å². The Labute approximate surface area is 117 Å². The van der Waals surface area contributed by atoms with E-state index in [1.54, 1.807) is 6.07 Å². The number of carboxylic acid groups (broad SMARTS) is 2. The quantitative estimate of drug-likeness (QED) is 0.692. The molecule has 0 heterocycles. The molecule has 0 spiro atoms. The second-order valence-electron chi connectivity index (χ2n) is 3.57. The summed E-state index contributed by atoms with van der Waals surface area (Å²) in [4.78, 5) is 21.1. The third-order valence-electron chi connectivity index (χ3n) is 2.08. The van der Waals surface area contributed by atoms with Crippen LogP contribution in [0.25, 0.3) is 0 Å². The maximum atomic E-state index is 11.9. The van der Waals surface area contributed by atoms with E-state index in [0.717, 1.165) is 0 Å². The predicted molar refractivity (Wildman–Crippen MR) is 68.1 cm³/mol. The Morgan fingerprint density at radius 2 is 1.95 bits per heavy atom. The van der Waals surface area contributed by atoms with Crippen LogP contribution in [0.1, 0.15) is 6.42 Å². The SMILES string of the molecule is O=C(O)CC(NS(=O)(=O)c1cccc(Br)c1)C(=O)O. The molecule has 3 N–H and O–H groups in total. The van der Waals surface area contributed by atoms with Crippen molar-refractivity contribution in [3.63, 3.8) is 0 Å². The number of carboxylic acids is 2. The molecule has 1 aromatic carbocycles. The Kier molecular flexibility index (Phi) is 5.04. The number of nitrogens with one attached hydrogen (secondary N) is 1. The molecule has 0 aromatic heterocycles. The summed E-state index contributed by atoms with van der Waals surface area (Å²) in [5.74, 6) is -2.97. The fraction of sp³-hybridized carbons (Fsp3) is 0.200. The zero-order valence-electron chi connectivity index (χ0n) is 9.41. The van der Waals surface area contributed by atoms with E-state index in [1.807, 2.05) is 4.72 Å². The third kappa shape index (κ3) is 4.62. The van der Waals surface area contributed by atoms with Crippen molar-refractivity contribution < 1.29 is 28.2 Å². The molecular weight excluding hydrogens is 342 g/mol. The van der Waals surface area contributed by atoms with Gasteiger partial charge in [0.15, 0.2) is 0 Å². The van der Waals surface area contributed by atoms with Gasteiger partial charge in [-0.2, -0.15) is 4.72 Å². The molecule has 0 bridgehead atoms. The normalized spacial score (nSPS) is 12.9. The van der Waals surface area contributed by atoms with Crippen LogP contribution in [0.15, 0.2) is 33.6 Å². The van der Waals surface area contributed by atoms with Gasteiger partial charge in [-0.3, -0.25) is 9.59 Å². The van der Waals surface area contributed by atoms with E-state index < -0.39 is 34.4 Å². The van der Waals surface area contributed by atoms with Gasteiger partial charge in [0.25, 0.3) is 0 Å². The Morgan fingerprint density at radius 1 is 1.32 bits per heavy atom. The molecule has 0 aliphatic carbocycles. The van der Waals surface area contributed by atoms with Crippen LogP contribution in [0.5, 0.6) is 0 Å². The number of rotatable bonds is 6. The van der Waals surface area contributed by atoms with E-state index in [1.165, 1.54) is 18.2 Å². The predicted octanol–water partition coefficient (Wildman–Crippen LogP) is 0.655. The van der Waals surface area contributed by atoms with E-state index in [-0.39, 0.29) is 4.90 Å². The second-order valence-corrected chi connectivity index (χ2v) is 6.20. The van der Waals surface area contributed by atoms with Gasteiger partial charge in [0.2, 0.25) is 10.0 Å². The number of hydrogen-bond donors (Lipinski definition) is 3. The number of sulfonamides is 1. The molecule has 1 aromatic rings. The fourth-order valence-electron chi connectivity index (χ4n) is 1.24. The zero-order valence-corrected chi connectivity index (χ0v) is 11.8. The summed E-state index contributed by atoms with van der Waals surface area (Å²) in [7, 11) is -4.10. The van der Waals surface area contributed by atoms with E-state index >= 15 is 0 Å². The lowest BCUT2D eigenvalue weighted by molar-refractivity contribution is -0.145. The fourth-order valence-corrected chi connectivity index (χ4v) is 3.03. The van der Waals surface area contributed by atoms with Gasteiger partial charge in [0, 0.05) is 4.47 Å². The average Bonchev–Trinajstić information content (AvgIpc) is 2.27. The molecule has 0 amide bonds. The molecule has 0 radical (unpaired) electrons. The molecule has 104 valence electrons. The van der Waals surface area contributed by atoms with Crippen LogP contribution in [0.2, 0.25) is 0 Å². The minimum Gasteiger partial charge on any atom is -0.481 e. The minimum absolute atomic E-state index is 0.154. The summed E-state index contributed by atoms with van der Waals surface area (Å²) in [6.45, 7) is 0. The van der Waals surface area contributed by atoms with Gasteiger partial charge in [0.05, 0.1) is 11.3 Å². The Bertz CT molecular complexity index is 600. The Balaban J connectivity index is 3.00. The second kappa shape index (κ2) is 6.13. The molecule has 0 aliphatic heterocycles. The first kappa shape index (κ1) is 15.6. The molecule has 9 heteroatoms. The van der Waals surface area contributed by atoms with Gasteiger partial charge in [-0.25, -0.2) is 8.42 Å². The first-order valence-electron chi connectivity index (χ1n) is 4.95. The van der Waals surface area contributed by atoms with Crippen molar-refractivity contribution in [1.29, 1.82) is 0 Å². The molecule has 0 saturated carbocycles. The van der Waals surface area contributed by atoms with Gasteiger partial charge >= 0.3 is 11.9 Å². The number of halogens is 1. The summed E-state index contributed by atoms with van der Waals surface area (Å²) >= 11 is 3.09. The maximum absolute atomic E-state index is 11.9. The zero-order chi connectivity index (χ0) is 14.6. The van der Waals surface area contributed by atoms with Crippen LogP contribution in [0, 0.1) is 0 Å². The summed E-state index contributed by atoms with van der Waals surface area (Å²) in [5.41, 5.74) is 0. The first-order valence-corrected chi connectivity index (χ1v) is 7.22. The standard InChI is InChI=1S/C10H10BrNO6S/c11-6-2-1-3-7(4-6)19(17,18)12-8(10(15)16)5-9(13)14/h1-4,8,12H,5H2,(H,13,14)(H,15,16). The molecule has 1 rings (SSSR count). The van der Waals surface area contributed by atoms with E-state index in [9.17, 15) is 18.0 Å². The summed E-state index contributed by atoms with van der Waals surface area (Å²) in [6.07, 6.45) is -0.845. The smallest absolute Gasteiger partial charge is 0.322 e. The van der Waals surface area contributed by atoms with Crippen molar-refractivity contribution in [1.82, 2.24) is 4.72 Å². The average molecular weight is 352 g/mol. The number of hydrogen-bond acceptors (Lipinski definition) is 4. The van der Waals surface area contributed by atoms with E-state index in [2.05, 4.69) is 15.9 Å². The van der Waals surface area contributed by atoms with Crippen LogP contribution in [-0.4, -0.2) is 36.6 Å². The summed E-state index contributed by atoms with van der Waals surface area (Å²) in [6, 6.07) is 3.90. The highest BCUT2D eigenvalue weighted by molar-refractivity contribution is 9.10. The van der Waals surface area contributed by atoms with Crippen molar-refractivity contribution in [2.75, 3.05) is 0 Å². The highest BCUT2D eigenvalue weighted by Gasteiger charge is 2.27. The number of carbonyl (C=O) groups is 2. The molecule has 0 fully saturated rings. The van der Waals surface area contributed by atoms with Crippen molar-refractivity contribution in [3.8, 4) is 0 Å². The minimum atomic E-state index is -4.10. The van der Waals surface area contributed by atoms with Crippen LogP contribution in [0.3, 0.4) is 0 Å². The van der Waals surface area contributed by atoms with E-state index in [0.29, 0.717) is 4.47 Å². The first-order chi connectivity index (χ1) is 8.72. The number of benzene rings is 1. The van der Waals surface area contributed by atoms with Crippen LogP contribution >= 0.6 is 15.9 Å². The highest BCUT2D eigenvalue weighted by Crippen LogP contribution is 2.16.